The molecule has 1 amide bonds. The molecule has 5 nitrogen and oxygen atoms in total. The third-order valence-corrected chi connectivity index (χ3v) is 6.98. The van der Waals surface area contributed by atoms with Gasteiger partial charge in [0, 0.05) is 23.1 Å². The summed E-state index contributed by atoms with van der Waals surface area (Å²) in [5.74, 6) is -0.290. The van der Waals surface area contributed by atoms with E-state index in [0.717, 1.165) is 18.4 Å². The highest BCUT2D eigenvalue weighted by atomic mass is 35.5. The minimum Gasteiger partial charge on any atom is -0.351 e. The summed E-state index contributed by atoms with van der Waals surface area (Å²) in [6.45, 7) is 0.644. The van der Waals surface area contributed by atoms with Crippen LogP contribution in [0.4, 0.5) is 0 Å². The highest BCUT2D eigenvalue weighted by Crippen LogP contribution is 2.26. The number of halogens is 2. The van der Waals surface area contributed by atoms with E-state index in [2.05, 4.69) is 5.32 Å². The second-order valence-electron chi connectivity index (χ2n) is 6.43. The smallest absolute Gasteiger partial charge is 0.243 e. The van der Waals surface area contributed by atoms with E-state index in [1.807, 2.05) is 12.1 Å². The molecule has 144 valence electrons. The van der Waals surface area contributed by atoms with E-state index in [9.17, 15) is 13.2 Å². The highest BCUT2D eigenvalue weighted by molar-refractivity contribution is 7.89. The van der Waals surface area contributed by atoms with Crippen molar-refractivity contribution in [1.82, 2.24) is 9.62 Å². The topological polar surface area (TPSA) is 66.5 Å². The number of amides is 1. The third kappa shape index (κ3) is 4.82. The molecule has 0 radical (unpaired) electrons. The van der Waals surface area contributed by atoms with Crippen molar-refractivity contribution in [3.05, 3.63) is 64.1 Å². The average Bonchev–Trinajstić information content (AvgIpc) is 2.67. The van der Waals surface area contributed by atoms with Crippen LogP contribution in [-0.2, 0) is 21.4 Å². The molecule has 1 saturated heterocycles. The van der Waals surface area contributed by atoms with Gasteiger partial charge in [-0.15, -0.1) is 0 Å². The highest BCUT2D eigenvalue weighted by Gasteiger charge is 2.37. The first-order valence-electron chi connectivity index (χ1n) is 8.67. The van der Waals surface area contributed by atoms with Crippen molar-refractivity contribution in [2.45, 2.75) is 36.7 Å². The van der Waals surface area contributed by atoms with Crippen LogP contribution < -0.4 is 5.32 Å². The minimum atomic E-state index is -3.77. The molecule has 0 spiro atoms. The van der Waals surface area contributed by atoms with Gasteiger partial charge >= 0.3 is 0 Å². The largest absolute Gasteiger partial charge is 0.351 e. The standard InChI is InChI=1S/C19H20Cl2N2O3S/c20-15-6-4-14(5-7-15)13-22-19(24)18-3-1-2-12-23(18)27(25,26)17-10-8-16(21)9-11-17/h4-11,18H,1-3,12-13H2,(H,22,24). The first-order valence-corrected chi connectivity index (χ1v) is 10.9. The van der Waals surface area contributed by atoms with Gasteiger partial charge in [0.2, 0.25) is 15.9 Å². The lowest BCUT2D eigenvalue weighted by Crippen LogP contribution is -2.51. The van der Waals surface area contributed by atoms with Crippen LogP contribution in [0.3, 0.4) is 0 Å². The molecule has 1 unspecified atom stereocenters. The Kier molecular flexibility index (Phi) is 6.42. The molecule has 8 heteroatoms. The zero-order chi connectivity index (χ0) is 19.4. The summed E-state index contributed by atoms with van der Waals surface area (Å²) in [5.41, 5.74) is 0.899. The summed E-state index contributed by atoms with van der Waals surface area (Å²) in [6.07, 6.45) is 2.04. The summed E-state index contributed by atoms with van der Waals surface area (Å²) >= 11 is 11.7. The summed E-state index contributed by atoms with van der Waals surface area (Å²) in [6, 6.07) is 12.4. The van der Waals surface area contributed by atoms with E-state index in [4.69, 9.17) is 23.2 Å². The predicted octanol–water partition coefficient (Wildman–Crippen LogP) is 3.85. The van der Waals surface area contributed by atoms with Crippen molar-refractivity contribution in [2.24, 2.45) is 0 Å². The fraction of sp³-hybridized carbons (Fsp3) is 0.316. The summed E-state index contributed by atoms with van der Waals surface area (Å²) in [5, 5.41) is 3.93. The van der Waals surface area contributed by atoms with Gasteiger partial charge in [-0.1, -0.05) is 41.8 Å². The van der Waals surface area contributed by atoms with Crippen molar-refractivity contribution in [1.29, 1.82) is 0 Å². The Labute approximate surface area is 169 Å². The molecule has 1 atom stereocenters. The van der Waals surface area contributed by atoms with Gasteiger partial charge in [0.25, 0.3) is 0 Å². The number of benzene rings is 2. The number of nitrogens with one attached hydrogen (secondary N) is 1. The maximum absolute atomic E-state index is 13.0. The number of carbonyl (C=O) groups excluding carboxylic acids is 1. The lowest BCUT2D eigenvalue weighted by Gasteiger charge is -2.33. The Morgan fingerprint density at radius 2 is 1.59 bits per heavy atom. The zero-order valence-corrected chi connectivity index (χ0v) is 16.9. The van der Waals surface area contributed by atoms with Gasteiger partial charge in [0.15, 0.2) is 0 Å². The average molecular weight is 427 g/mol. The fourth-order valence-corrected chi connectivity index (χ4v) is 5.01. The Balaban J connectivity index is 1.75. The maximum atomic E-state index is 13.0. The van der Waals surface area contributed by atoms with Crippen molar-refractivity contribution >= 4 is 39.1 Å². The number of nitrogens with zero attached hydrogens (tertiary/aromatic N) is 1. The first kappa shape index (κ1) is 20.1. The fourth-order valence-electron chi connectivity index (χ4n) is 3.11. The van der Waals surface area contributed by atoms with Crippen LogP contribution >= 0.6 is 23.2 Å². The Morgan fingerprint density at radius 1 is 1.00 bits per heavy atom. The van der Waals surface area contributed by atoms with Gasteiger partial charge in [-0.05, 0) is 54.8 Å². The molecule has 1 N–H and O–H groups in total. The van der Waals surface area contributed by atoms with Gasteiger partial charge in [-0.25, -0.2) is 8.42 Å². The number of rotatable bonds is 5. The molecule has 0 aromatic heterocycles. The molecule has 0 saturated carbocycles. The molecule has 0 bridgehead atoms. The second-order valence-corrected chi connectivity index (χ2v) is 9.19. The van der Waals surface area contributed by atoms with Crippen molar-refractivity contribution < 1.29 is 13.2 Å². The molecule has 0 aliphatic carbocycles. The van der Waals surface area contributed by atoms with Crippen LogP contribution in [0, 0.1) is 0 Å². The van der Waals surface area contributed by atoms with Crippen molar-refractivity contribution in [3.63, 3.8) is 0 Å². The normalized spacial score (nSPS) is 18.2. The molecule has 1 aliphatic heterocycles. The van der Waals surface area contributed by atoms with E-state index in [1.165, 1.54) is 28.6 Å². The van der Waals surface area contributed by atoms with Gasteiger partial charge < -0.3 is 5.32 Å². The summed E-state index contributed by atoms with van der Waals surface area (Å²) in [4.78, 5) is 12.9. The summed E-state index contributed by atoms with van der Waals surface area (Å²) < 4.78 is 27.3. The van der Waals surface area contributed by atoms with Crippen LogP contribution in [0.5, 0.6) is 0 Å². The van der Waals surface area contributed by atoms with Crippen molar-refractivity contribution in [2.75, 3.05) is 6.54 Å². The Hall–Kier alpha value is -1.60. The lowest BCUT2D eigenvalue weighted by atomic mass is 10.0. The number of hydrogen-bond donors (Lipinski definition) is 1. The van der Waals surface area contributed by atoms with Crippen LogP contribution in [0.15, 0.2) is 53.4 Å². The number of hydrogen-bond acceptors (Lipinski definition) is 3. The Bertz CT molecular complexity index is 900. The molecule has 3 rings (SSSR count). The van der Waals surface area contributed by atoms with Gasteiger partial charge in [-0.2, -0.15) is 4.31 Å². The van der Waals surface area contributed by atoms with Gasteiger partial charge in [0.1, 0.15) is 6.04 Å². The number of piperidine rings is 1. The minimum absolute atomic E-state index is 0.143. The van der Waals surface area contributed by atoms with E-state index in [-0.39, 0.29) is 10.8 Å². The maximum Gasteiger partial charge on any atom is 0.243 e. The van der Waals surface area contributed by atoms with Crippen LogP contribution in [0.25, 0.3) is 0 Å². The van der Waals surface area contributed by atoms with Crippen LogP contribution in [0.2, 0.25) is 10.0 Å². The van der Waals surface area contributed by atoms with Crippen LogP contribution in [-0.4, -0.2) is 31.2 Å². The molecular weight excluding hydrogens is 407 g/mol. The third-order valence-electron chi connectivity index (χ3n) is 4.56. The van der Waals surface area contributed by atoms with Gasteiger partial charge in [-0.3, -0.25) is 4.79 Å². The van der Waals surface area contributed by atoms with E-state index in [0.29, 0.717) is 29.6 Å². The predicted molar refractivity (Wildman–Crippen MR) is 106 cm³/mol. The summed E-state index contributed by atoms with van der Waals surface area (Å²) in [7, 11) is -3.77. The number of sulfonamides is 1. The zero-order valence-electron chi connectivity index (χ0n) is 14.6. The molecule has 1 fully saturated rings. The first-order chi connectivity index (χ1) is 12.9. The Morgan fingerprint density at radius 3 is 2.22 bits per heavy atom. The quantitative estimate of drug-likeness (QED) is 0.788. The lowest BCUT2D eigenvalue weighted by molar-refractivity contribution is -0.125. The van der Waals surface area contributed by atoms with E-state index in [1.54, 1.807) is 12.1 Å². The van der Waals surface area contributed by atoms with E-state index < -0.39 is 16.1 Å². The van der Waals surface area contributed by atoms with Crippen molar-refractivity contribution in [3.8, 4) is 0 Å². The monoisotopic (exact) mass is 426 g/mol. The molecule has 27 heavy (non-hydrogen) atoms. The number of carbonyl (C=O) groups is 1. The molecule has 1 aliphatic rings. The molecular formula is C19H20Cl2N2O3S. The van der Waals surface area contributed by atoms with Crippen LogP contribution in [0.1, 0.15) is 24.8 Å². The molecule has 2 aromatic carbocycles. The second kappa shape index (κ2) is 8.61. The molecule has 1 heterocycles. The SMILES string of the molecule is O=C(NCc1ccc(Cl)cc1)C1CCCCN1S(=O)(=O)c1ccc(Cl)cc1. The van der Waals surface area contributed by atoms with Gasteiger partial charge in [0.05, 0.1) is 4.90 Å². The molecule has 2 aromatic rings. The van der Waals surface area contributed by atoms with E-state index >= 15 is 0 Å².